The van der Waals surface area contributed by atoms with Gasteiger partial charge >= 0.3 is 5.69 Å². The van der Waals surface area contributed by atoms with Gasteiger partial charge in [0.15, 0.2) is 6.23 Å². The minimum absolute atomic E-state index is 0.349. The van der Waals surface area contributed by atoms with Gasteiger partial charge in [-0.1, -0.05) is 66.2 Å². The molecule has 0 unspecified atom stereocenters. The maximum absolute atomic E-state index is 12.8. The van der Waals surface area contributed by atoms with Gasteiger partial charge in [-0.25, -0.2) is 4.79 Å². The van der Waals surface area contributed by atoms with Crippen LogP contribution in [0.3, 0.4) is 0 Å². The van der Waals surface area contributed by atoms with E-state index in [9.17, 15) is 9.59 Å². The molecule has 4 atom stereocenters. The van der Waals surface area contributed by atoms with Crippen LogP contribution in [0.2, 0.25) is 0 Å². The molecule has 1 aliphatic rings. The van der Waals surface area contributed by atoms with Gasteiger partial charge in [-0.15, -0.1) is 0 Å². The highest BCUT2D eigenvalue weighted by Gasteiger charge is 2.47. The van der Waals surface area contributed by atoms with Crippen molar-refractivity contribution in [2.45, 2.75) is 116 Å². The number of hydrogen-bond donors (Lipinski definition) is 1. The summed E-state index contributed by atoms with van der Waals surface area (Å²) in [4.78, 5) is 27.3. The molecule has 0 amide bonds. The first kappa shape index (κ1) is 28.8. The number of aryl methyl sites for hydroxylation is 1. The van der Waals surface area contributed by atoms with Gasteiger partial charge < -0.3 is 18.9 Å². The highest BCUT2D eigenvalue weighted by molar-refractivity contribution is 5.06. The molecule has 1 saturated heterocycles. The monoisotopic (exact) mass is 482 g/mol. The first-order chi connectivity index (χ1) is 16.6. The number of hydrogen-bond acceptors (Lipinski definition) is 6. The van der Waals surface area contributed by atoms with Gasteiger partial charge in [0.25, 0.3) is 5.56 Å². The summed E-state index contributed by atoms with van der Waals surface area (Å²) in [7, 11) is 0. The van der Waals surface area contributed by atoms with Crippen LogP contribution in [0.5, 0.6) is 0 Å². The van der Waals surface area contributed by atoms with E-state index in [1.165, 1.54) is 4.57 Å². The lowest BCUT2D eigenvalue weighted by atomic mass is 10.1. The summed E-state index contributed by atoms with van der Waals surface area (Å²) in [5, 5.41) is 0. The van der Waals surface area contributed by atoms with Gasteiger partial charge in [-0.2, -0.15) is 0 Å². The summed E-state index contributed by atoms with van der Waals surface area (Å²) in [6.45, 7) is 10.6. The zero-order chi connectivity index (χ0) is 24.8. The number of rotatable bonds is 18. The lowest BCUT2D eigenvalue weighted by Crippen LogP contribution is -2.41. The molecular weight excluding hydrogens is 436 g/mol. The van der Waals surface area contributed by atoms with Crippen LogP contribution < -0.4 is 11.2 Å². The average Bonchev–Trinajstić information content (AvgIpc) is 3.16. The summed E-state index contributed by atoms with van der Waals surface area (Å²) in [6, 6.07) is 0. The smallest absolute Gasteiger partial charge is 0.330 e. The molecule has 0 radical (unpaired) electrons. The van der Waals surface area contributed by atoms with Crippen LogP contribution in [0.25, 0.3) is 0 Å². The summed E-state index contributed by atoms with van der Waals surface area (Å²) < 4.78 is 26.4. The lowest BCUT2D eigenvalue weighted by Gasteiger charge is -2.25. The number of nitrogens with zero attached hydrogens (tertiary/aromatic N) is 1. The fraction of sp³-hybridized carbons (Fsp3) is 0.846. The summed E-state index contributed by atoms with van der Waals surface area (Å²) in [5.41, 5.74) is -0.318. The second-order valence-corrected chi connectivity index (χ2v) is 9.11. The summed E-state index contributed by atoms with van der Waals surface area (Å²) in [6.07, 6.45) is 9.81. The van der Waals surface area contributed by atoms with E-state index in [1.807, 2.05) is 6.92 Å². The first-order valence-electron chi connectivity index (χ1n) is 13.4. The third kappa shape index (κ3) is 8.63. The fourth-order valence-corrected chi connectivity index (χ4v) is 4.21. The maximum Gasteiger partial charge on any atom is 0.330 e. The number of aromatic nitrogens is 2. The van der Waals surface area contributed by atoms with Gasteiger partial charge in [-0.05, 0) is 25.7 Å². The van der Waals surface area contributed by atoms with Crippen molar-refractivity contribution in [2.24, 2.45) is 0 Å². The topological polar surface area (TPSA) is 91.8 Å². The minimum Gasteiger partial charge on any atom is -0.379 e. The summed E-state index contributed by atoms with van der Waals surface area (Å²) >= 11 is 0. The van der Waals surface area contributed by atoms with Gasteiger partial charge in [0.2, 0.25) is 0 Å². The Morgan fingerprint density at radius 1 is 0.853 bits per heavy atom. The predicted octanol–water partition coefficient (Wildman–Crippen LogP) is 4.35. The third-order valence-electron chi connectivity index (χ3n) is 6.27. The number of aromatic amines is 1. The minimum atomic E-state index is -0.684. The highest BCUT2D eigenvalue weighted by atomic mass is 16.6. The highest BCUT2D eigenvalue weighted by Crippen LogP contribution is 2.34. The quantitative estimate of drug-likeness (QED) is 0.313. The second-order valence-electron chi connectivity index (χ2n) is 9.11. The molecule has 0 saturated carbocycles. The molecule has 1 fully saturated rings. The van der Waals surface area contributed by atoms with Gasteiger partial charge in [0.1, 0.15) is 18.3 Å². The van der Waals surface area contributed by atoms with Crippen molar-refractivity contribution < 1.29 is 18.9 Å². The van der Waals surface area contributed by atoms with E-state index in [0.717, 1.165) is 57.8 Å². The Hall–Kier alpha value is -1.48. The predicted molar refractivity (Wildman–Crippen MR) is 133 cm³/mol. The van der Waals surface area contributed by atoms with Crippen molar-refractivity contribution in [3.05, 3.63) is 32.6 Å². The fourth-order valence-electron chi connectivity index (χ4n) is 4.21. The normalized spacial score (nSPS) is 22.5. The van der Waals surface area contributed by atoms with Crippen LogP contribution in [0.15, 0.2) is 15.8 Å². The molecule has 2 rings (SSSR count). The SMILES string of the molecule is CCCCCOC[C@H]1O[C@@H](n2cc(CC)c(=O)[nH]c2=O)[C@H](OCCCCC)[C@@H]1OCCCCC. The van der Waals surface area contributed by atoms with E-state index in [4.69, 9.17) is 18.9 Å². The Balaban J connectivity index is 2.27. The van der Waals surface area contributed by atoms with Crippen LogP contribution in [0.1, 0.15) is 97.3 Å². The molecule has 2 heterocycles. The van der Waals surface area contributed by atoms with Crippen LogP contribution in [0.4, 0.5) is 0 Å². The van der Waals surface area contributed by atoms with E-state index >= 15 is 0 Å². The third-order valence-corrected chi connectivity index (χ3v) is 6.27. The zero-order valence-corrected chi connectivity index (χ0v) is 21.7. The Kier molecular flexibility index (Phi) is 13.7. The standard InChI is InChI=1S/C26H46N2O6/c1-5-9-12-15-31-19-21-22(32-16-13-10-6-2)23(33-17-14-11-7-3)25(34-21)28-18-20(8-4)24(29)27-26(28)30/h18,21-23,25H,5-17,19H2,1-4H3,(H,27,29,30)/t21-,22-,23-,25-/m1/s1. The van der Waals surface area contributed by atoms with Crippen LogP contribution in [-0.2, 0) is 25.4 Å². The molecule has 1 N–H and O–H groups in total. The Morgan fingerprint density at radius 3 is 2.03 bits per heavy atom. The van der Waals surface area contributed by atoms with Crippen molar-refractivity contribution in [1.82, 2.24) is 9.55 Å². The number of ether oxygens (including phenoxy) is 4. The van der Waals surface area contributed by atoms with E-state index in [1.54, 1.807) is 6.20 Å². The van der Waals surface area contributed by atoms with Crippen LogP contribution >= 0.6 is 0 Å². The van der Waals surface area contributed by atoms with Crippen LogP contribution in [-0.4, -0.2) is 54.3 Å². The van der Waals surface area contributed by atoms with Crippen LogP contribution in [0, 0.1) is 0 Å². The van der Waals surface area contributed by atoms with Crippen molar-refractivity contribution in [3.63, 3.8) is 0 Å². The first-order valence-corrected chi connectivity index (χ1v) is 13.4. The Morgan fingerprint density at radius 2 is 1.44 bits per heavy atom. The molecule has 0 aliphatic carbocycles. The maximum atomic E-state index is 12.8. The lowest BCUT2D eigenvalue weighted by molar-refractivity contribution is -0.0821. The van der Waals surface area contributed by atoms with Gasteiger partial charge in [0, 0.05) is 31.6 Å². The molecule has 8 heteroatoms. The van der Waals surface area contributed by atoms with E-state index < -0.39 is 18.0 Å². The summed E-state index contributed by atoms with van der Waals surface area (Å²) in [5.74, 6) is 0. The van der Waals surface area contributed by atoms with Crippen molar-refractivity contribution in [2.75, 3.05) is 26.4 Å². The Labute approximate surface area is 204 Å². The van der Waals surface area contributed by atoms with Gasteiger partial charge in [-0.3, -0.25) is 14.3 Å². The van der Waals surface area contributed by atoms with E-state index in [0.29, 0.717) is 38.4 Å². The zero-order valence-electron chi connectivity index (χ0n) is 21.7. The number of unbranched alkanes of at least 4 members (excludes halogenated alkanes) is 6. The molecule has 0 aromatic carbocycles. The number of H-pyrrole nitrogens is 1. The largest absolute Gasteiger partial charge is 0.379 e. The molecule has 1 aromatic rings. The van der Waals surface area contributed by atoms with Gasteiger partial charge in [0.05, 0.1) is 6.61 Å². The van der Waals surface area contributed by atoms with E-state index in [-0.39, 0.29) is 17.8 Å². The average molecular weight is 483 g/mol. The van der Waals surface area contributed by atoms with Crippen molar-refractivity contribution in [1.29, 1.82) is 0 Å². The Bertz CT molecular complexity index is 792. The molecule has 0 spiro atoms. The molecule has 34 heavy (non-hydrogen) atoms. The van der Waals surface area contributed by atoms with Crippen molar-refractivity contribution >= 4 is 0 Å². The van der Waals surface area contributed by atoms with Crippen molar-refractivity contribution in [3.8, 4) is 0 Å². The molecule has 0 bridgehead atoms. The van der Waals surface area contributed by atoms with E-state index in [2.05, 4.69) is 25.8 Å². The molecule has 196 valence electrons. The molecule has 8 nitrogen and oxygen atoms in total. The number of nitrogens with one attached hydrogen (secondary N) is 1. The molecule has 1 aromatic heterocycles. The second kappa shape index (κ2) is 16.2. The molecule has 1 aliphatic heterocycles. The molecular formula is C26H46N2O6.